The molecule has 398 valence electrons. The lowest BCUT2D eigenvalue weighted by atomic mass is 10.1. The Hall–Kier alpha value is -6.37. The van der Waals surface area contributed by atoms with E-state index in [1.54, 1.807) is 9.69 Å². The molecule has 0 radical (unpaired) electrons. The Morgan fingerprint density at radius 2 is 0.847 bits per heavy atom. The molecule has 6 rings (SSSR count). The van der Waals surface area contributed by atoms with Crippen LogP contribution in [0, 0.1) is 0 Å². The molecule has 72 heavy (non-hydrogen) atoms. The maximum atomic E-state index is 12.9. The maximum absolute atomic E-state index is 12.9. The third-order valence-electron chi connectivity index (χ3n) is 10.8. The summed E-state index contributed by atoms with van der Waals surface area (Å²) < 4.78 is 1.63. The Balaban J connectivity index is 0. The summed E-state index contributed by atoms with van der Waals surface area (Å²) in [5.41, 5.74) is 14.5. The third kappa shape index (κ3) is 22.8. The van der Waals surface area contributed by atoms with Crippen LogP contribution in [0.4, 0.5) is 39.8 Å². The number of benzene rings is 4. The van der Waals surface area contributed by atoms with Crippen molar-refractivity contribution in [3.8, 4) is 0 Å². The van der Waals surface area contributed by atoms with Gasteiger partial charge in [-0.15, -0.1) is 5.11 Å². The fraction of sp³-hybridized carbons (Fsp3) is 0.508. The van der Waals surface area contributed by atoms with Gasteiger partial charge in [0, 0.05) is 11.4 Å². The third-order valence-corrected chi connectivity index (χ3v) is 10.8. The zero-order valence-electron chi connectivity index (χ0n) is 41.8. The average molecular weight is 990 g/mol. The number of amides is 1. The van der Waals surface area contributed by atoms with Crippen molar-refractivity contribution in [1.29, 1.82) is 0 Å². The van der Waals surface area contributed by atoms with Crippen molar-refractivity contribution in [2.24, 2.45) is 35.8 Å². The zero-order chi connectivity index (χ0) is 48.8. The van der Waals surface area contributed by atoms with E-state index in [-0.39, 0.29) is 59.7 Å². The van der Waals surface area contributed by atoms with Gasteiger partial charge < -0.3 is 5.73 Å². The smallest absolute Gasteiger partial charge is 0.295 e. The number of aromatic amines is 1. The number of nitrogens with one attached hydrogen (secondary N) is 1. The summed E-state index contributed by atoms with van der Waals surface area (Å²) in [6.07, 6.45) is 13.6. The van der Waals surface area contributed by atoms with Crippen LogP contribution in [0.5, 0.6) is 0 Å². The highest BCUT2D eigenvalue weighted by Gasteiger charge is 2.32. The topological polar surface area (TPSA) is 171 Å². The van der Waals surface area contributed by atoms with Gasteiger partial charge in [0.15, 0.2) is 5.69 Å². The van der Waals surface area contributed by atoms with Crippen molar-refractivity contribution < 1.29 is 4.79 Å². The summed E-state index contributed by atoms with van der Waals surface area (Å²) >= 11 is 0. The highest BCUT2D eigenvalue weighted by molar-refractivity contribution is 6.05. The quantitative estimate of drug-likeness (QED) is 0.0659. The average Bonchev–Trinajstić information content (AvgIpc) is 3.87. The Labute approximate surface area is 436 Å². The van der Waals surface area contributed by atoms with Crippen molar-refractivity contribution in [2.45, 2.75) is 201 Å². The molecule has 3 N–H and O–H groups in total. The number of H-pyrrole nitrogens is 1. The summed E-state index contributed by atoms with van der Waals surface area (Å²) in [6.45, 7) is 20.7. The van der Waals surface area contributed by atoms with E-state index in [1.165, 1.54) is 36.8 Å². The first-order valence-corrected chi connectivity index (χ1v) is 24.2. The Bertz CT molecular complexity index is 2430. The van der Waals surface area contributed by atoms with Crippen LogP contribution in [-0.2, 0) is 29.6 Å². The van der Waals surface area contributed by atoms with Crippen LogP contribution in [0.2, 0.25) is 0 Å². The number of nitrogens with zero attached hydrogens (tertiary/aromatic N) is 9. The van der Waals surface area contributed by atoms with Gasteiger partial charge in [-0.05, 0) is 177 Å². The number of aryl methyl sites for hydroxylation is 3. The number of nitrogens with two attached hydrogens (primary N) is 1. The molecule has 0 saturated heterocycles. The van der Waals surface area contributed by atoms with E-state index in [1.807, 2.05) is 114 Å². The predicted octanol–water partition coefficient (Wildman–Crippen LogP) is 19.2. The molecule has 1 aliphatic heterocycles. The van der Waals surface area contributed by atoms with E-state index in [0.29, 0.717) is 17.8 Å². The first-order valence-electron chi connectivity index (χ1n) is 24.2. The van der Waals surface area contributed by atoms with Crippen molar-refractivity contribution in [2.75, 3.05) is 5.73 Å². The number of azo groups is 3. The molecule has 0 unspecified atom stereocenters. The predicted molar refractivity (Wildman–Crippen MR) is 310 cm³/mol. The molecule has 0 saturated carbocycles. The monoisotopic (exact) mass is 990 g/mol. The molecule has 1 amide bonds. The molecule has 0 spiro atoms. The van der Waals surface area contributed by atoms with E-state index in [9.17, 15) is 9.59 Å². The van der Waals surface area contributed by atoms with E-state index in [0.717, 1.165) is 91.2 Å². The van der Waals surface area contributed by atoms with Crippen LogP contribution in [0.3, 0.4) is 0 Å². The number of rotatable bonds is 18. The molecule has 0 aliphatic carbocycles. The van der Waals surface area contributed by atoms with Crippen molar-refractivity contribution >= 4 is 51.4 Å². The SMILES string of the molecule is C.C.C.C.C.CCCCC1=NN(C(C)(C)C)C(=O)C1.CCCCc1ccc(N=Nc2ccc(N)cc2)cc1.CCCCc1ccc(N=Nc2ccc(N=Nc3c(CCCC)[nH]n(C(C)(C)C)c3=O)cc2)cc1. The molecule has 13 heteroatoms. The van der Waals surface area contributed by atoms with Gasteiger partial charge in [0.1, 0.15) is 0 Å². The van der Waals surface area contributed by atoms with Crippen molar-refractivity contribution in [3.05, 3.63) is 124 Å². The molecule has 2 heterocycles. The van der Waals surface area contributed by atoms with Gasteiger partial charge in [0.2, 0.25) is 5.91 Å². The van der Waals surface area contributed by atoms with E-state index >= 15 is 0 Å². The highest BCUT2D eigenvalue weighted by Crippen LogP contribution is 2.27. The number of unbranched alkanes of at least 4 members (excludes halogenated alkanes) is 4. The van der Waals surface area contributed by atoms with E-state index in [2.05, 4.69) is 92.8 Å². The number of aromatic nitrogens is 2. The number of hydrazone groups is 1. The number of hydrogen-bond acceptors (Lipinski definition) is 10. The fourth-order valence-electron chi connectivity index (χ4n) is 6.79. The summed E-state index contributed by atoms with van der Waals surface area (Å²) in [7, 11) is 0. The Morgan fingerprint density at radius 3 is 1.21 bits per heavy atom. The van der Waals surface area contributed by atoms with Crippen molar-refractivity contribution in [3.63, 3.8) is 0 Å². The van der Waals surface area contributed by atoms with Crippen LogP contribution < -0.4 is 11.3 Å². The first-order chi connectivity index (χ1) is 32.0. The van der Waals surface area contributed by atoms with Crippen molar-refractivity contribution in [1.82, 2.24) is 14.8 Å². The fourth-order valence-corrected chi connectivity index (χ4v) is 6.79. The second kappa shape index (κ2) is 34.1. The summed E-state index contributed by atoms with van der Waals surface area (Å²) in [6, 6.07) is 31.1. The van der Waals surface area contributed by atoms with Gasteiger partial charge in [0.25, 0.3) is 5.56 Å². The minimum atomic E-state index is -0.353. The minimum absolute atomic E-state index is 0. The number of nitrogen functional groups attached to an aromatic ring is 1. The van der Waals surface area contributed by atoms with Gasteiger partial charge in [-0.1, -0.05) is 115 Å². The lowest BCUT2D eigenvalue weighted by Gasteiger charge is -2.27. The lowest BCUT2D eigenvalue weighted by Crippen LogP contribution is -2.38. The normalized spacial score (nSPS) is 12.1. The minimum Gasteiger partial charge on any atom is -0.399 e. The second-order valence-corrected chi connectivity index (χ2v) is 18.9. The number of carbonyl (C=O) groups excluding carboxylic acids is 1. The number of carbonyl (C=O) groups is 1. The highest BCUT2D eigenvalue weighted by atomic mass is 16.2. The number of hydrogen-bond donors (Lipinski definition) is 2. The summed E-state index contributed by atoms with van der Waals surface area (Å²) in [5.74, 6) is 0.142. The zero-order valence-corrected chi connectivity index (χ0v) is 41.8. The molecular weight excluding hydrogens is 895 g/mol. The van der Waals surface area contributed by atoms with Gasteiger partial charge >= 0.3 is 0 Å². The largest absolute Gasteiger partial charge is 0.399 e. The number of anilines is 1. The van der Waals surface area contributed by atoms with Crippen LogP contribution in [0.25, 0.3) is 0 Å². The van der Waals surface area contributed by atoms with Crippen LogP contribution in [-0.4, -0.2) is 31.9 Å². The van der Waals surface area contributed by atoms with E-state index in [4.69, 9.17) is 5.73 Å². The molecule has 0 bridgehead atoms. The first kappa shape index (κ1) is 67.7. The van der Waals surface area contributed by atoms with E-state index < -0.39 is 0 Å². The molecule has 4 aromatic carbocycles. The molecule has 0 fully saturated rings. The van der Waals surface area contributed by atoms with Crippen LogP contribution >= 0.6 is 0 Å². The summed E-state index contributed by atoms with van der Waals surface area (Å²) in [4.78, 5) is 24.5. The Kier molecular flexibility index (Phi) is 32.0. The molecule has 0 atom stereocenters. The Morgan fingerprint density at radius 1 is 0.500 bits per heavy atom. The van der Waals surface area contributed by atoms with Gasteiger partial charge in [0.05, 0.1) is 51.6 Å². The molecule has 1 aliphatic rings. The molecule has 1 aromatic heterocycles. The van der Waals surface area contributed by atoms with Gasteiger partial charge in [-0.3, -0.25) is 14.7 Å². The van der Waals surface area contributed by atoms with Crippen LogP contribution in [0.1, 0.15) is 187 Å². The van der Waals surface area contributed by atoms with Crippen LogP contribution in [0.15, 0.2) is 138 Å². The molecule has 13 nitrogen and oxygen atoms in total. The van der Waals surface area contributed by atoms with Gasteiger partial charge in [-0.2, -0.15) is 30.7 Å². The standard InChI is InChI=1S/C27H36N6O.C16H19N3.C11H20N2O.5CH4/c1-6-8-10-20-12-14-21(15-13-20)28-29-22-16-18-23(19-17-22)30-31-25-24(11-9-7-2)32-33(26(25)34)27(3,4)5;1-2-3-4-13-5-9-15(10-6-13)18-19-16-11-7-14(17)8-12-16;1-5-6-7-9-8-10(14)13(12-9)11(2,3)4;;;;;/h12-19,32H,6-11H2,1-5H3;5-12H,2-4,17H2,1H3;5-8H2,1-4H3;5*1H4. The lowest BCUT2D eigenvalue weighted by molar-refractivity contribution is -0.133. The second-order valence-electron chi connectivity index (χ2n) is 18.9. The maximum Gasteiger partial charge on any atom is 0.295 e. The summed E-state index contributed by atoms with van der Waals surface area (Å²) in [5, 5.41) is 34.9. The molecule has 5 aromatic rings. The van der Waals surface area contributed by atoms with Gasteiger partial charge in [-0.25, -0.2) is 9.69 Å². The molecular formula is C59H95N11O2.